The van der Waals surface area contributed by atoms with E-state index < -0.39 is 0 Å². The third-order valence-corrected chi connectivity index (χ3v) is 7.23. The van der Waals surface area contributed by atoms with Gasteiger partial charge in [0.25, 0.3) is 5.91 Å². The molecule has 2 aromatic heterocycles. The molecule has 1 fully saturated rings. The Hall–Kier alpha value is -3.72. The second-order valence-corrected chi connectivity index (χ2v) is 9.07. The number of benzene rings is 2. The van der Waals surface area contributed by atoms with Gasteiger partial charge in [-0.25, -0.2) is 14.4 Å². The van der Waals surface area contributed by atoms with Crippen LogP contribution in [-0.2, 0) is 0 Å². The first kappa shape index (κ1) is 22.1. The summed E-state index contributed by atoms with van der Waals surface area (Å²) in [7, 11) is 1.67. The Morgan fingerprint density at radius 1 is 1.00 bits per heavy atom. The summed E-state index contributed by atoms with van der Waals surface area (Å²) in [5.41, 5.74) is 2.57. The van der Waals surface area contributed by atoms with E-state index >= 15 is 0 Å². The molecule has 0 spiro atoms. The number of nitrogens with one attached hydrogen (secondary N) is 1. The van der Waals surface area contributed by atoms with Crippen molar-refractivity contribution >= 4 is 44.7 Å². The summed E-state index contributed by atoms with van der Waals surface area (Å²) in [5, 5.41) is 3.76. The highest BCUT2D eigenvalue weighted by Crippen LogP contribution is 2.36. The fourth-order valence-corrected chi connectivity index (χ4v) is 5.24. The van der Waals surface area contributed by atoms with Crippen molar-refractivity contribution in [3.63, 3.8) is 0 Å². The molecule has 174 valence electrons. The predicted molar refractivity (Wildman–Crippen MR) is 134 cm³/mol. The molecular weight excluding hydrogens is 453 g/mol. The molecular formula is C25H24FN5O2S. The standard InChI is InChI=1S/C25H24FN5O2S/c1-16-21-23(31-13-11-30(12-14-31)19-7-9-20(33-2)10-8-19)27-15-28-25(21)34-22(16)24(32)29-18-5-3-17(26)4-6-18/h3-10,15H,11-14H2,1-2H3,(H,29,32). The van der Waals surface area contributed by atoms with Gasteiger partial charge in [-0.2, -0.15) is 0 Å². The second-order valence-electron chi connectivity index (χ2n) is 8.07. The van der Waals surface area contributed by atoms with Gasteiger partial charge in [0.1, 0.15) is 28.5 Å². The average Bonchev–Trinajstić information content (AvgIpc) is 3.22. The highest BCUT2D eigenvalue weighted by atomic mass is 32.1. The zero-order chi connectivity index (χ0) is 23.7. The second kappa shape index (κ2) is 9.26. The molecule has 1 N–H and O–H groups in total. The van der Waals surface area contributed by atoms with E-state index in [1.807, 2.05) is 19.1 Å². The molecule has 0 aliphatic carbocycles. The predicted octanol–water partition coefficient (Wildman–Crippen LogP) is 4.73. The van der Waals surface area contributed by atoms with Gasteiger partial charge in [-0.05, 0) is 61.0 Å². The lowest BCUT2D eigenvalue weighted by Crippen LogP contribution is -2.46. The maximum absolute atomic E-state index is 13.2. The molecule has 2 aromatic carbocycles. The third-order valence-electron chi connectivity index (χ3n) is 6.03. The number of halogens is 1. The molecule has 4 aromatic rings. The lowest BCUT2D eigenvalue weighted by molar-refractivity contribution is 0.103. The monoisotopic (exact) mass is 477 g/mol. The summed E-state index contributed by atoms with van der Waals surface area (Å²) >= 11 is 1.35. The lowest BCUT2D eigenvalue weighted by atomic mass is 10.1. The van der Waals surface area contributed by atoms with Gasteiger partial charge in [-0.3, -0.25) is 4.79 Å². The number of nitrogens with zero attached hydrogens (tertiary/aromatic N) is 4. The largest absolute Gasteiger partial charge is 0.497 e. The summed E-state index contributed by atoms with van der Waals surface area (Å²) < 4.78 is 18.4. The quantitative estimate of drug-likeness (QED) is 0.448. The number of carbonyl (C=O) groups excluding carboxylic acids is 1. The zero-order valence-corrected chi connectivity index (χ0v) is 19.7. The molecule has 9 heteroatoms. The fraction of sp³-hybridized carbons (Fsp3) is 0.240. The molecule has 3 heterocycles. The number of aromatic nitrogens is 2. The van der Waals surface area contributed by atoms with Crippen LogP contribution in [0.4, 0.5) is 21.6 Å². The molecule has 0 saturated carbocycles. The Kier molecular flexibility index (Phi) is 6.02. The van der Waals surface area contributed by atoms with E-state index in [1.54, 1.807) is 25.6 Å². The summed E-state index contributed by atoms with van der Waals surface area (Å²) in [4.78, 5) is 27.9. The van der Waals surface area contributed by atoms with Crippen molar-refractivity contribution in [2.24, 2.45) is 0 Å². The lowest BCUT2D eigenvalue weighted by Gasteiger charge is -2.37. The molecule has 7 nitrogen and oxygen atoms in total. The summed E-state index contributed by atoms with van der Waals surface area (Å²) in [5.74, 6) is 1.12. The van der Waals surface area contributed by atoms with Gasteiger partial charge in [-0.1, -0.05) is 0 Å². The van der Waals surface area contributed by atoms with Crippen LogP contribution in [0.25, 0.3) is 10.2 Å². The highest BCUT2D eigenvalue weighted by Gasteiger charge is 2.24. The molecule has 0 radical (unpaired) electrons. The van der Waals surface area contributed by atoms with Gasteiger partial charge in [0, 0.05) is 37.6 Å². The van der Waals surface area contributed by atoms with Crippen molar-refractivity contribution < 1.29 is 13.9 Å². The third kappa shape index (κ3) is 4.26. The number of rotatable bonds is 5. The minimum atomic E-state index is -0.344. The van der Waals surface area contributed by atoms with Crippen molar-refractivity contribution in [1.82, 2.24) is 9.97 Å². The summed E-state index contributed by atoms with van der Waals surface area (Å²) in [6.45, 7) is 5.27. The van der Waals surface area contributed by atoms with Gasteiger partial charge in [0.15, 0.2) is 0 Å². The smallest absolute Gasteiger partial charge is 0.266 e. The maximum atomic E-state index is 13.2. The molecule has 0 bridgehead atoms. The zero-order valence-electron chi connectivity index (χ0n) is 18.9. The molecule has 1 aliphatic rings. The van der Waals surface area contributed by atoms with Crippen LogP contribution in [-0.4, -0.2) is 49.2 Å². The number of hydrogen-bond donors (Lipinski definition) is 1. The maximum Gasteiger partial charge on any atom is 0.266 e. The van der Waals surface area contributed by atoms with E-state index in [9.17, 15) is 9.18 Å². The van der Waals surface area contributed by atoms with E-state index in [4.69, 9.17) is 4.74 Å². The highest BCUT2D eigenvalue weighted by molar-refractivity contribution is 7.20. The summed E-state index contributed by atoms with van der Waals surface area (Å²) in [6, 6.07) is 13.8. The summed E-state index contributed by atoms with van der Waals surface area (Å²) in [6.07, 6.45) is 1.56. The Bertz CT molecular complexity index is 1320. The van der Waals surface area contributed by atoms with Crippen LogP contribution in [0.1, 0.15) is 15.2 Å². The van der Waals surface area contributed by atoms with Gasteiger partial charge >= 0.3 is 0 Å². The van der Waals surface area contributed by atoms with Crippen LogP contribution < -0.4 is 19.9 Å². The van der Waals surface area contributed by atoms with Gasteiger partial charge in [0.05, 0.1) is 17.4 Å². The van der Waals surface area contributed by atoms with E-state index in [0.717, 1.165) is 53.5 Å². The van der Waals surface area contributed by atoms with Gasteiger partial charge in [-0.15, -0.1) is 11.3 Å². The number of carbonyl (C=O) groups is 1. The molecule has 34 heavy (non-hydrogen) atoms. The molecule has 1 aliphatic heterocycles. The number of hydrogen-bond acceptors (Lipinski definition) is 7. The Morgan fingerprint density at radius 3 is 2.35 bits per heavy atom. The molecule has 1 saturated heterocycles. The number of aryl methyl sites for hydroxylation is 1. The van der Waals surface area contributed by atoms with E-state index in [0.29, 0.717) is 10.6 Å². The van der Waals surface area contributed by atoms with Gasteiger partial charge < -0.3 is 19.9 Å². The molecule has 1 amide bonds. The normalized spacial score (nSPS) is 13.9. The number of methoxy groups -OCH3 is 1. The Balaban J connectivity index is 1.35. The number of piperazine rings is 1. The number of ether oxygens (including phenoxy) is 1. The van der Waals surface area contributed by atoms with Crippen molar-refractivity contribution in [1.29, 1.82) is 0 Å². The number of anilines is 3. The van der Waals surface area contributed by atoms with Crippen LogP contribution >= 0.6 is 11.3 Å². The first-order chi connectivity index (χ1) is 16.5. The minimum Gasteiger partial charge on any atom is -0.497 e. The molecule has 0 unspecified atom stereocenters. The van der Waals surface area contributed by atoms with Crippen LogP contribution in [0.3, 0.4) is 0 Å². The van der Waals surface area contributed by atoms with Crippen molar-refractivity contribution in [2.45, 2.75) is 6.92 Å². The Morgan fingerprint density at radius 2 is 1.68 bits per heavy atom. The topological polar surface area (TPSA) is 70.6 Å². The number of thiophene rings is 1. The van der Waals surface area contributed by atoms with Crippen LogP contribution in [0, 0.1) is 12.7 Å². The van der Waals surface area contributed by atoms with E-state index in [1.165, 1.54) is 29.2 Å². The first-order valence-corrected chi connectivity index (χ1v) is 11.8. The SMILES string of the molecule is COc1ccc(N2CCN(c3ncnc4sc(C(=O)Nc5ccc(F)cc5)c(C)c34)CC2)cc1. The molecule has 5 rings (SSSR count). The number of amides is 1. The van der Waals surface area contributed by atoms with Crippen molar-refractivity contribution in [2.75, 3.05) is 48.4 Å². The average molecular weight is 478 g/mol. The van der Waals surface area contributed by atoms with E-state index in [2.05, 4.69) is 37.2 Å². The van der Waals surface area contributed by atoms with Crippen LogP contribution in [0.15, 0.2) is 54.9 Å². The minimum absolute atomic E-state index is 0.234. The van der Waals surface area contributed by atoms with Crippen molar-refractivity contribution in [3.8, 4) is 5.75 Å². The Labute approximate surface area is 200 Å². The van der Waals surface area contributed by atoms with Crippen LogP contribution in [0.2, 0.25) is 0 Å². The molecule has 0 atom stereocenters. The number of fused-ring (bicyclic) bond motifs is 1. The fourth-order valence-electron chi connectivity index (χ4n) is 4.20. The van der Waals surface area contributed by atoms with Crippen LogP contribution in [0.5, 0.6) is 5.75 Å². The van der Waals surface area contributed by atoms with E-state index in [-0.39, 0.29) is 11.7 Å². The first-order valence-electron chi connectivity index (χ1n) is 11.0. The van der Waals surface area contributed by atoms with Gasteiger partial charge in [0.2, 0.25) is 0 Å². The van der Waals surface area contributed by atoms with Crippen molar-refractivity contribution in [3.05, 3.63) is 71.1 Å².